The maximum absolute atomic E-state index is 12.8. The number of nitro groups is 1. The van der Waals surface area contributed by atoms with E-state index < -0.39 is 40.3 Å². The van der Waals surface area contributed by atoms with Gasteiger partial charge in [-0.2, -0.15) is 13.2 Å². The number of halogens is 5. The normalized spacial score (nSPS) is 14.4. The molecule has 3 N–H and O–H groups in total. The van der Waals surface area contributed by atoms with Crippen molar-refractivity contribution in [3.63, 3.8) is 0 Å². The predicted octanol–water partition coefficient (Wildman–Crippen LogP) is 2.08. The molecule has 1 rings (SSSR count). The van der Waals surface area contributed by atoms with Crippen LogP contribution >= 0.6 is 12.4 Å². The molecule has 1 aromatic carbocycles. The highest BCUT2D eigenvalue weighted by atomic mass is 35.5. The molecule has 108 valence electrons. The molecule has 0 aromatic heterocycles. The zero-order valence-electron chi connectivity index (χ0n) is 9.10. The summed E-state index contributed by atoms with van der Waals surface area (Å²) in [6.45, 7) is 0. The van der Waals surface area contributed by atoms with Crippen LogP contribution in [0.5, 0.6) is 0 Å². The summed E-state index contributed by atoms with van der Waals surface area (Å²) in [4.78, 5) is 9.50. The van der Waals surface area contributed by atoms with Crippen LogP contribution < -0.4 is 5.73 Å². The van der Waals surface area contributed by atoms with Crippen molar-refractivity contribution in [3.8, 4) is 0 Å². The van der Waals surface area contributed by atoms with Gasteiger partial charge in [0.05, 0.1) is 17.0 Å². The van der Waals surface area contributed by atoms with Crippen LogP contribution in [0.1, 0.15) is 11.6 Å². The molecular weight excluding hydrogens is 296 g/mol. The lowest BCUT2D eigenvalue weighted by atomic mass is 10.00. The first-order valence-corrected chi connectivity index (χ1v) is 4.58. The van der Waals surface area contributed by atoms with Gasteiger partial charge in [0.2, 0.25) is 0 Å². The summed E-state index contributed by atoms with van der Waals surface area (Å²) in [5.41, 5.74) is 3.61. The SMILES string of the molecule is Cl.N[C@H](c1ccc(F)cc1[N+](=O)[O-])[C@@H](O)C(F)(F)F. The largest absolute Gasteiger partial charge is 0.416 e. The van der Waals surface area contributed by atoms with Gasteiger partial charge in [0.25, 0.3) is 5.69 Å². The topological polar surface area (TPSA) is 89.4 Å². The molecule has 0 spiro atoms. The molecule has 0 bridgehead atoms. The third-order valence-electron chi connectivity index (χ3n) is 2.22. The van der Waals surface area contributed by atoms with Crippen molar-refractivity contribution in [1.82, 2.24) is 0 Å². The molecule has 10 heteroatoms. The number of nitro benzene ring substituents is 1. The first-order chi connectivity index (χ1) is 8.14. The molecule has 0 heterocycles. The van der Waals surface area contributed by atoms with Gasteiger partial charge in [-0.15, -0.1) is 12.4 Å². The van der Waals surface area contributed by atoms with Gasteiger partial charge in [-0.3, -0.25) is 10.1 Å². The molecule has 0 aliphatic rings. The number of alkyl halides is 3. The first-order valence-electron chi connectivity index (χ1n) is 4.58. The van der Waals surface area contributed by atoms with Crippen LogP contribution in [0.15, 0.2) is 18.2 Å². The lowest BCUT2D eigenvalue weighted by Crippen LogP contribution is -2.39. The minimum atomic E-state index is -5.03. The average Bonchev–Trinajstić information content (AvgIpc) is 2.25. The van der Waals surface area contributed by atoms with E-state index in [4.69, 9.17) is 10.8 Å². The third-order valence-corrected chi connectivity index (χ3v) is 2.22. The molecule has 0 saturated heterocycles. The highest BCUT2D eigenvalue weighted by Gasteiger charge is 2.44. The Morgan fingerprint density at radius 1 is 1.37 bits per heavy atom. The van der Waals surface area contributed by atoms with Crippen molar-refractivity contribution in [3.05, 3.63) is 39.7 Å². The Labute approximate surface area is 110 Å². The highest BCUT2D eigenvalue weighted by molar-refractivity contribution is 5.85. The van der Waals surface area contributed by atoms with Crippen molar-refractivity contribution in [2.45, 2.75) is 18.3 Å². The van der Waals surface area contributed by atoms with Gasteiger partial charge in [-0.1, -0.05) is 0 Å². The van der Waals surface area contributed by atoms with Gasteiger partial charge in [-0.25, -0.2) is 4.39 Å². The number of hydrogen-bond acceptors (Lipinski definition) is 4. The summed E-state index contributed by atoms with van der Waals surface area (Å²) in [6.07, 6.45) is -8.00. The fourth-order valence-corrected chi connectivity index (χ4v) is 1.33. The van der Waals surface area contributed by atoms with Gasteiger partial charge in [0, 0.05) is 5.56 Å². The fraction of sp³-hybridized carbons (Fsp3) is 0.333. The molecule has 2 atom stereocenters. The first kappa shape index (κ1) is 17.6. The van der Waals surface area contributed by atoms with E-state index in [1.54, 1.807) is 0 Å². The summed E-state index contributed by atoms with van der Waals surface area (Å²) in [7, 11) is 0. The summed E-state index contributed by atoms with van der Waals surface area (Å²) < 4.78 is 49.4. The predicted molar refractivity (Wildman–Crippen MR) is 59.3 cm³/mol. The van der Waals surface area contributed by atoms with Gasteiger partial charge in [0.15, 0.2) is 6.10 Å². The van der Waals surface area contributed by atoms with Crippen molar-refractivity contribution in [1.29, 1.82) is 0 Å². The second-order valence-electron chi connectivity index (χ2n) is 3.47. The van der Waals surface area contributed by atoms with Crippen LogP contribution in [0.25, 0.3) is 0 Å². The number of nitrogens with two attached hydrogens (primary N) is 1. The van der Waals surface area contributed by atoms with Gasteiger partial charge >= 0.3 is 6.18 Å². The molecule has 0 fully saturated rings. The molecule has 1 aromatic rings. The lowest BCUT2D eigenvalue weighted by molar-refractivity contribution is -0.386. The van der Waals surface area contributed by atoms with Crippen LogP contribution in [-0.2, 0) is 0 Å². The van der Waals surface area contributed by atoms with Crippen molar-refractivity contribution in [2.75, 3.05) is 0 Å². The minimum Gasteiger partial charge on any atom is -0.382 e. The monoisotopic (exact) mass is 304 g/mol. The summed E-state index contributed by atoms with van der Waals surface area (Å²) in [5, 5.41) is 19.5. The van der Waals surface area contributed by atoms with Crippen molar-refractivity contribution in [2.24, 2.45) is 5.73 Å². The maximum Gasteiger partial charge on any atom is 0.416 e. The van der Waals surface area contributed by atoms with E-state index in [1.165, 1.54) is 0 Å². The van der Waals surface area contributed by atoms with E-state index >= 15 is 0 Å². The Morgan fingerprint density at radius 2 is 1.89 bits per heavy atom. The minimum absolute atomic E-state index is 0. The molecule has 0 saturated carbocycles. The van der Waals surface area contributed by atoms with Gasteiger partial charge < -0.3 is 10.8 Å². The molecule has 0 aliphatic carbocycles. The molecule has 0 radical (unpaired) electrons. The van der Waals surface area contributed by atoms with E-state index in [9.17, 15) is 27.7 Å². The molecular formula is C9H9ClF4N2O3. The Kier molecular flexibility index (Phi) is 5.66. The van der Waals surface area contributed by atoms with E-state index in [0.29, 0.717) is 6.07 Å². The van der Waals surface area contributed by atoms with Crippen LogP contribution in [0.4, 0.5) is 23.2 Å². The second kappa shape index (κ2) is 6.13. The van der Waals surface area contributed by atoms with Crippen LogP contribution in [0.2, 0.25) is 0 Å². The number of aliphatic hydroxyl groups excluding tert-OH is 1. The summed E-state index contributed by atoms with van der Waals surface area (Å²) >= 11 is 0. The van der Waals surface area contributed by atoms with E-state index in [1.807, 2.05) is 0 Å². The molecule has 0 aliphatic heterocycles. The van der Waals surface area contributed by atoms with E-state index in [0.717, 1.165) is 12.1 Å². The van der Waals surface area contributed by atoms with Crippen molar-refractivity contribution < 1.29 is 27.6 Å². The number of aliphatic hydroxyl groups is 1. The van der Waals surface area contributed by atoms with Crippen LogP contribution in [-0.4, -0.2) is 22.3 Å². The fourth-order valence-electron chi connectivity index (χ4n) is 1.33. The summed E-state index contributed by atoms with van der Waals surface area (Å²) in [5.74, 6) is -0.987. The molecule has 5 nitrogen and oxygen atoms in total. The average molecular weight is 305 g/mol. The van der Waals surface area contributed by atoms with Gasteiger partial charge in [0.1, 0.15) is 5.82 Å². The zero-order valence-corrected chi connectivity index (χ0v) is 9.91. The highest BCUT2D eigenvalue weighted by Crippen LogP contribution is 2.33. The summed E-state index contributed by atoms with van der Waals surface area (Å²) in [6, 6.07) is -0.151. The van der Waals surface area contributed by atoms with E-state index in [2.05, 4.69) is 0 Å². The molecule has 0 unspecified atom stereocenters. The Morgan fingerprint density at radius 3 is 2.32 bits per heavy atom. The number of nitrogens with zero attached hydrogens (tertiary/aromatic N) is 1. The quantitative estimate of drug-likeness (QED) is 0.508. The maximum atomic E-state index is 12.8. The Bertz CT molecular complexity index is 469. The second-order valence-corrected chi connectivity index (χ2v) is 3.47. The van der Waals surface area contributed by atoms with E-state index in [-0.39, 0.29) is 12.4 Å². The number of hydrogen-bond donors (Lipinski definition) is 2. The number of benzene rings is 1. The Balaban J connectivity index is 0.00000324. The Hall–Kier alpha value is -1.45. The standard InChI is InChI=1S/C9H8F4N2O3.ClH/c10-4-1-2-5(6(3-4)15(17)18)7(14)8(16)9(11,12)13;/h1-3,7-8,16H,14H2;1H/t7-,8-;/m1./s1. The molecule has 0 amide bonds. The smallest absolute Gasteiger partial charge is 0.382 e. The zero-order chi connectivity index (χ0) is 14.1. The third kappa shape index (κ3) is 4.01. The number of rotatable bonds is 3. The van der Waals surface area contributed by atoms with Crippen molar-refractivity contribution >= 4 is 18.1 Å². The van der Waals surface area contributed by atoms with Crippen LogP contribution in [0.3, 0.4) is 0 Å². The van der Waals surface area contributed by atoms with Crippen LogP contribution in [0, 0.1) is 15.9 Å². The molecule has 19 heavy (non-hydrogen) atoms. The lowest BCUT2D eigenvalue weighted by Gasteiger charge is -2.21. The van der Waals surface area contributed by atoms with Gasteiger partial charge in [-0.05, 0) is 12.1 Å².